The summed E-state index contributed by atoms with van der Waals surface area (Å²) < 4.78 is 61.2. The van der Waals surface area contributed by atoms with Crippen LogP contribution in [0.2, 0.25) is 0 Å². The third kappa shape index (κ3) is 5.78. The molecule has 0 aliphatic carbocycles. The molecule has 1 aliphatic rings. The van der Waals surface area contributed by atoms with Crippen molar-refractivity contribution in [3.8, 4) is 0 Å². The van der Waals surface area contributed by atoms with Crippen LogP contribution in [0.4, 0.5) is 14.5 Å². The third-order valence-corrected chi connectivity index (χ3v) is 6.87. The summed E-state index contributed by atoms with van der Waals surface area (Å²) in [6.45, 7) is 1.04. The number of rotatable bonds is 8. The van der Waals surface area contributed by atoms with Crippen molar-refractivity contribution in [2.24, 2.45) is 0 Å². The van der Waals surface area contributed by atoms with Crippen molar-refractivity contribution in [1.82, 2.24) is 4.90 Å². The Morgan fingerprint density at radius 1 is 1.03 bits per heavy atom. The van der Waals surface area contributed by atoms with Gasteiger partial charge in [0.2, 0.25) is 0 Å². The molecule has 0 bridgehead atoms. The second-order valence-electron chi connectivity index (χ2n) is 8.06. The van der Waals surface area contributed by atoms with Gasteiger partial charge in [0.1, 0.15) is 11.6 Å². The van der Waals surface area contributed by atoms with Crippen LogP contribution in [0.25, 0.3) is 0 Å². The van der Waals surface area contributed by atoms with Gasteiger partial charge in [-0.25, -0.2) is 17.2 Å². The Kier molecular flexibility index (Phi) is 7.23. The number of hydrogen-bond donors (Lipinski definition) is 1. The fraction of sp³-hybridized carbons (Fsp3) is 0.240. The largest absolute Gasteiger partial charge is 0.376 e. The molecule has 6 nitrogen and oxygen atoms in total. The molecule has 1 heterocycles. The van der Waals surface area contributed by atoms with Gasteiger partial charge in [0.15, 0.2) is 0 Å². The number of carbonyl (C=O) groups excluding carboxylic acids is 1. The second-order valence-corrected chi connectivity index (χ2v) is 9.75. The number of para-hydroxylation sites is 1. The Hall–Kier alpha value is -3.30. The number of benzene rings is 3. The summed E-state index contributed by atoms with van der Waals surface area (Å²) in [7, 11) is -4.14. The van der Waals surface area contributed by atoms with Crippen LogP contribution in [0.5, 0.6) is 0 Å². The summed E-state index contributed by atoms with van der Waals surface area (Å²) in [5.41, 5.74) is 0.562. The van der Waals surface area contributed by atoms with E-state index in [2.05, 4.69) is 4.72 Å². The number of amides is 1. The predicted molar refractivity (Wildman–Crippen MR) is 124 cm³/mol. The van der Waals surface area contributed by atoms with Crippen LogP contribution in [0.3, 0.4) is 0 Å². The summed E-state index contributed by atoms with van der Waals surface area (Å²) in [5.74, 6) is -1.53. The van der Waals surface area contributed by atoms with Crippen LogP contribution in [-0.2, 0) is 21.3 Å². The van der Waals surface area contributed by atoms with E-state index in [0.29, 0.717) is 18.7 Å². The van der Waals surface area contributed by atoms with Crippen LogP contribution in [0, 0.1) is 11.6 Å². The van der Waals surface area contributed by atoms with Crippen molar-refractivity contribution in [3.63, 3.8) is 0 Å². The number of hydrogen-bond acceptors (Lipinski definition) is 4. The van der Waals surface area contributed by atoms with E-state index in [1.807, 2.05) is 0 Å². The van der Waals surface area contributed by atoms with Crippen LogP contribution in [0.15, 0.2) is 77.7 Å². The lowest BCUT2D eigenvalue weighted by Gasteiger charge is -2.26. The van der Waals surface area contributed by atoms with E-state index >= 15 is 0 Å². The minimum absolute atomic E-state index is 0.140. The summed E-state index contributed by atoms with van der Waals surface area (Å²) in [4.78, 5) is 14.8. The Morgan fingerprint density at radius 3 is 2.56 bits per heavy atom. The molecule has 1 fully saturated rings. The molecule has 0 aromatic heterocycles. The first-order chi connectivity index (χ1) is 16.3. The topological polar surface area (TPSA) is 75.7 Å². The standard InChI is InChI=1S/C25H24F2N2O4S/c26-20-8-3-6-18(14-20)16-29(17-21-9-5-13-33-21)25(30)19-7-4-10-22(15-19)34(31,32)28-24-12-2-1-11-23(24)27/h1-4,6-8,10-12,14-15,21,28H,5,9,13,16-17H2. The van der Waals surface area contributed by atoms with Crippen LogP contribution in [0.1, 0.15) is 28.8 Å². The maximum atomic E-state index is 14.0. The highest BCUT2D eigenvalue weighted by molar-refractivity contribution is 7.92. The average Bonchev–Trinajstić information content (AvgIpc) is 3.33. The van der Waals surface area contributed by atoms with E-state index in [-0.39, 0.29) is 28.8 Å². The zero-order valence-corrected chi connectivity index (χ0v) is 19.1. The number of halogens is 2. The van der Waals surface area contributed by atoms with Crippen molar-refractivity contribution in [1.29, 1.82) is 0 Å². The third-order valence-electron chi connectivity index (χ3n) is 5.51. The molecule has 4 rings (SSSR count). The Bertz CT molecular complexity index is 1280. The molecule has 0 radical (unpaired) electrons. The van der Waals surface area contributed by atoms with E-state index in [4.69, 9.17) is 4.74 Å². The van der Waals surface area contributed by atoms with Gasteiger partial charge in [-0.2, -0.15) is 0 Å². The van der Waals surface area contributed by atoms with Crippen LogP contribution < -0.4 is 4.72 Å². The number of anilines is 1. The molecule has 0 spiro atoms. The SMILES string of the molecule is O=C(c1cccc(S(=O)(=O)Nc2ccccc2F)c1)N(Cc1cccc(F)c1)CC1CCCO1. The lowest BCUT2D eigenvalue weighted by Crippen LogP contribution is -2.37. The van der Waals surface area contributed by atoms with Crippen molar-refractivity contribution >= 4 is 21.6 Å². The Labute approximate surface area is 197 Å². The first-order valence-corrected chi connectivity index (χ1v) is 12.3. The highest BCUT2D eigenvalue weighted by atomic mass is 32.2. The second kappa shape index (κ2) is 10.3. The van der Waals surface area contributed by atoms with E-state index in [0.717, 1.165) is 18.9 Å². The molecule has 3 aromatic carbocycles. The van der Waals surface area contributed by atoms with Crippen molar-refractivity contribution < 1.29 is 26.7 Å². The normalized spacial score (nSPS) is 15.8. The fourth-order valence-corrected chi connectivity index (χ4v) is 4.95. The number of carbonyl (C=O) groups is 1. The van der Waals surface area contributed by atoms with Crippen molar-refractivity contribution in [2.45, 2.75) is 30.4 Å². The molecular formula is C25H24F2N2O4S. The van der Waals surface area contributed by atoms with E-state index in [9.17, 15) is 22.0 Å². The molecule has 1 atom stereocenters. The number of nitrogens with zero attached hydrogens (tertiary/aromatic N) is 1. The molecule has 1 amide bonds. The molecule has 1 unspecified atom stereocenters. The zero-order chi connectivity index (χ0) is 24.1. The van der Waals surface area contributed by atoms with Crippen molar-refractivity contribution in [3.05, 3.63) is 95.6 Å². The predicted octanol–water partition coefficient (Wildman–Crippen LogP) is 4.59. The first-order valence-electron chi connectivity index (χ1n) is 10.8. The molecule has 1 saturated heterocycles. The summed E-state index contributed by atoms with van der Waals surface area (Å²) in [5, 5.41) is 0. The van der Waals surface area contributed by atoms with Gasteiger partial charge in [0.05, 0.1) is 16.7 Å². The highest BCUT2D eigenvalue weighted by Crippen LogP contribution is 2.22. The van der Waals surface area contributed by atoms with E-state index in [1.54, 1.807) is 12.1 Å². The summed E-state index contributed by atoms with van der Waals surface area (Å²) >= 11 is 0. The molecule has 3 aromatic rings. The maximum Gasteiger partial charge on any atom is 0.262 e. The van der Waals surface area contributed by atoms with Gasteiger partial charge in [-0.15, -0.1) is 0 Å². The highest BCUT2D eigenvalue weighted by Gasteiger charge is 2.25. The van der Waals surface area contributed by atoms with Gasteiger partial charge in [-0.05, 0) is 60.9 Å². The molecule has 178 valence electrons. The quantitative estimate of drug-likeness (QED) is 0.506. The lowest BCUT2D eigenvalue weighted by atomic mass is 10.1. The van der Waals surface area contributed by atoms with E-state index < -0.39 is 27.6 Å². The summed E-state index contributed by atoms with van der Waals surface area (Å²) in [6.07, 6.45) is 1.54. The maximum absolute atomic E-state index is 14.0. The fourth-order valence-electron chi connectivity index (χ4n) is 3.84. The molecule has 1 aliphatic heterocycles. The van der Waals surface area contributed by atoms with E-state index in [1.165, 1.54) is 59.5 Å². The van der Waals surface area contributed by atoms with Gasteiger partial charge < -0.3 is 9.64 Å². The number of ether oxygens (including phenoxy) is 1. The Balaban J connectivity index is 1.59. The van der Waals surface area contributed by atoms with Gasteiger partial charge in [-0.1, -0.05) is 30.3 Å². The first kappa shape index (κ1) is 23.8. The zero-order valence-electron chi connectivity index (χ0n) is 18.3. The monoisotopic (exact) mass is 486 g/mol. The number of nitrogens with one attached hydrogen (secondary N) is 1. The minimum atomic E-state index is -4.14. The Morgan fingerprint density at radius 2 is 1.82 bits per heavy atom. The van der Waals surface area contributed by atoms with Gasteiger partial charge in [-0.3, -0.25) is 9.52 Å². The molecule has 34 heavy (non-hydrogen) atoms. The van der Waals surface area contributed by atoms with Gasteiger partial charge >= 0.3 is 0 Å². The molecule has 1 N–H and O–H groups in total. The molecule has 0 saturated carbocycles. The van der Waals surface area contributed by atoms with Gasteiger partial charge in [0.25, 0.3) is 15.9 Å². The van der Waals surface area contributed by atoms with Crippen molar-refractivity contribution in [2.75, 3.05) is 17.9 Å². The average molecular weight is 487 g/mol. The minimum Gasteiger partial charge on any atom is -0.376 e. The van der Waals surface area contributed by atoms with Crippen LogP contribution >= 0.6 is 0 Å². The molecule has 9 heteroatoms. The smallest absolute Gasteiger partial charge is 0.262 e. The number of sulfonamides is 1. The lowest BCUT2D eigenvalue weighted by molar-refractivity contribution is 0.0507. The van der Waals surface area contributed by atoms with Gasteiger partial charge in [0, 0.05) is 25.3 Å². The molecular weight excluding hydrogens is 462 g/mol. The summed E-state index contributed by atoms with van der Waals surface area (Å²) in [6, 6.07) is 16.9. The van der Waals surface area contributed by atoms with Crippen LogP contribution in [-0.4, -0.2) is 38.5 Å².